The molecule has 0 spiro atoms. The average molecular weight is 369 g/mol. The molecule has 3 heterocycles. The van der Waals surface area contributed by atoms with Crippen LogP contribution in [0.5, 0.6) is 11.5 Å². The molecule has 1 aromatic carbocycles. The third-order valence-corrected chi connectivity index (χ3v) is 5.31. The molecular formula is C21H23NO5. The van der Waals surface area contributed by atoms with Gasteiger partial charge in [0.05, 0.1) is 18.9 Å². The Bertz CT molecular complexity index is 983. The standard InChI is InChI=1S/C21H23NO5/c1-21(2,3)19-8-12-7-17-18(27-6-4-5-26-17)9-13(12)15-10-16(23)14(20(24)25)11-22(15)19/h7,9-11,19H,4-6,8H2,1-3H3,(H,24,25)/t19-/m0/s1. The van der Waals surface area contributed by atoms with Gasteiger partial charge in [0, 0.05) is 30.3 Å². The zero-order chi connectivity index (χ0) is 19.3. The Hall–Kier alpha value is -2.76. The van der Waals surface area contributed by atoms with Gasteiger partial charge in [-0.25, -0.2) is 4.79 Å². The zero-order valence-electron chi connectivity index (χ0n) is 15.7. The van der Waals surface area contributed by atoms with Crippen LogP contribution in [0, 0.1) is 5.41 Å². The van der Waals surface area contributed by atoms with E-state index in [4.69, 9.17) is 9.47 Å². The van der Waals surface area contributed by atoms with Crippen molar-refractivity contribution in [3.63, 3.8) is 0 Å². The van der Waals surface area contributed by atoms with Crippen molar-refractivity contribution in [1.82, 2.24) is 4.57 Å². The van der Waals surface area contributed by atoms with Crippen LogP contribution < -0.4 is 14.9 Å². The number of aromatic carboxylic acids is 1. The Labute approximate surface area is 157 Å². The fourth-order valence-corrected chi connectivity index (χ4v) is 3.87. The van der Waals surface area contributed by atoms with Gasteiger partial charge in [-0.05, 0) is 29.5 Å². The summed E-state index contributed by atoms with van der Waals surface area (Å²) < 4.78 is 13.6. The Balaban J connectivity index is 1.97. The van der Waals surface area contributed by atoms with E-state index >= 15 is 0 Å². The number of ether oxygens (including phenoxy) is 2. The van der Waals surface area contributed by atoms with E-state index in [0.29, 0.717) is 19.0 Å². The van der Waals surface area contributed by atoms with Crippen LogP contribution in [0.25, 0.3) is 11.3 Å². The molecule has 0 saturated heterocycles. The van der Waals surface area contributed by atoms with Gasteiger partial charge in [0.25, 0.3) is 0 Å². The number of hydrogen-bond acceptors (Lipinski definition) is 4. The van der Waals surface area contributed by atoms with E-state index in [1.54, 1.807) is 0 Å². The maximum atomic E-state index is 12.4. The molecule has 0 aliphatic carbocycles. The highest BCUT2D eigenvalue weighted by Crippen LogP contribution is 2.46. The molecule has 142 valence electrons. The SMILES string of the molecule is CC(C)(C)[C@@H]1Cc2cc3c(cc2-c2cc(=O)c(C(=O)O)cn21)OCCCO3. The van der Waals surface area contributed by atoms with Crippen molar-refractivity contribution in [3.05, 3.63) is 45.7 Å². The molecule has 0 bridgehead atoms. The number of aromatic nitrogens is 1. The average Bonchev–Trinajstić information content (AvgIpc) is 2.82. The van der Waals surface area contributed by atoms with E-state index in [-0.39, 0.29) is 17.0 Å². The number of rotatable bonds is 1. The molecular weight excluding hydrogens is 346 g/mol. The van der Waals surface area contributed by atoms with E-state index in [2.05, 4.69) is 20.8 Å². The van der Waals surface area contributed by atoms with Gasteiger partial charge in [-0.2, -0.15) is 0 Å². The molecule has 1 aromatic heterocycles. The van der Waals surface area contributed by atoms with Crippen molar-refractivity contribution in [3.8, 4) is 22.8 Å². The molecule has 0 fully saturated rings. The smallest absolute Gasteiger partial charge is 0.341 e. The summed E-state index contributed by atoms with van der Waals surface area (Å²) in [6, 6.07) is 5.38. The van der Waals surface area contributed by atoms with Crippen molar-refractivity contribution in [2.45, 2.75) is 39.7 Å². The first-order valence-electron chi connectivity index (χ1n) is 9.18. The lowest BCUT2D eigenvalue weighted by Crippen LogP contribution is -2.32. The summed E-state index contributed by atoms with van der Waals surface area (Å²) >= 11 is 0. The topological polar surface area (TPSA) is 77.8 Å². The quantitative estimate of drug-likeness (QED) is 0.832. The van der Waals surface area contributed by atoms with Crippen molar-refractivity contribution in [2.24, 2.45) is 5.41 Å². The molecule has 2 aromatic rings. The minimum absolute atomic E-state index is 0.0171. The first kappa shape index (κ1) is 17.6. The summed E-state index contributed by atoms with van der Waals surface area (Å²) in [5.74, 6) is 0.200. The molecule has 27 heavy (non-hydrogen) atoms. The second kappa shape index (κ2) is 6.15. The van der Waals surface area contributed by atoms with E-state index in [1.165, 1.54) is 12.3 Å². The lowest BCUT2D eigenvalue weighted by atomic mass is 9.78. The van der Waals surface area contributed by atoms with Crippen LogP contribution in [-0.4, -0.2) is 28.9 Å². The molecule has 0 amide bonds. The maximum absolute atomic E-state index is 12.4. The lowest BCUT2D eigenvalue weighted by molar-refractivity contribution is 0.0693. The molecule has 0 radical (unpaired) electrons. The third kappa shape index (κ3) is 2.99. The molecule has 0 unspecified atom stereocenters. The summed E-state index contributed by atoms with van der Waals surface area (Å²) in [7, 11) is 0. The number of fused-ring (bicyclic) bond motifs is 4. The normalized spacial score (nSPS) is 18.3. The van der Waals surface area contributed by atoms with Gasteiger partial charge in [-0.3, -0.25) is 4.79 Å². The van der Waals surface area contributed by atoms with Crippen molar-refractivity contribution >= 4 is 5.97 Å². The van der Waals surface area contributed by atoms with E-state index < -0.39 is 11.4 Å². The number of nitrogens with zero attached hydrogens (tertiary/aromatic N) is 1. The van der Waals surface area contributed by atoms with Gasteiger partial charge in [-0.1, -0.05) is 20.8 Å². The Morgan fingerprint density at radius 3 is 2.44 bits per heavy atom. The second-order valence-corrected chi connectivity index (χ2v) is 8.24. The first-order valence-corrected chi connectivity index (χ1v) is 9.18. The molecule has 0 saturated carbocycles. The van der Waals surface area contributed by atoms with E-state index in [0.717, 1.165) is 35.4 Å². The molecule has 6 nitrogen and oxygen atoms in total. The Kier molecular flexibility index (Phi) is 4.02. The van der Waals surface area contributed by atoms with Crippen LogP contribution in [0.3, 0.4) is 0 Å². The lowest BCUT2D eigenvalue weighted by Gasteiger charge is -2.39. The van der Waals surface area contributed by atoms with Crippen LogP contribution in [0.15, 0.2) is 29.2 Å². The van der Waals surface area contributed by atoms with Crippen molar-refractivity contribution in [2.75, 3.05) is 13.2 Å². The summed E-state index contributed by atoms with van der Waals surface area (Å²) in [4.78, 5) is 23.9. The summed E-state index contributed by atoms with van der Waals surface area (Å²) in [5, 5.41) is 9.39. The number of benzene rings is 1. The van der Waals surface area contributed by atoms with Crippen LogP contribution in [0.4, 0.5) is 0 Å². The van der Waals surface area contributed by atoms with Gasteiger partial charge in [0.15, 0.2) is 16.9 Å². The highest BCUT2D eigenvalue weighted by Gasteiger charge is 2.34. The number of carboxylic acids is 1. The fraction of sp³-hybridized carbons (Fsp3) is 0.429. The monoisotopic (exact) mass is 369 g/mol. The van der Waals surface area contributed by atoms with Gasteiger partial charge in [-0.15, -0.1) is 0 Å². The number of carboxylic acid groups (broad SMARTS) is 1. The summed E-state index contributed by atoms with van der Waals surface area (Å²) in [6.45, 7) is 7.56. The van der Waals surface area contributed by atoms with Gasteiger partial charge in [0.2, 0.25) is 0 Å². The number of carbonyl (C=O) groups is 1. The predicted molar refractivity (Wildman–Crippen MR) is 101 cm³/mol. The molecule has 4 rings (SSSR count). The van der Waals surface area contributed by atoms with E-state index in [1.807, 2.05) is 16.7 Å². The number of hydrogen-bond donors (Lipinski definition) is 1. The number of pyridine rings is 1. The minimum atomic E-state index is -1.20. The maximum Gasteiger partial charge on any atom is 0.341 e. The predicted octanol–water partition coefficient (Wildman–Crippen LogP) is 3.52. The fourth-order valence-electron chi connectivity index (χ4n) is 3.87. The van der Waals surface area contributed by atoms with Crippen LogP contribution in [0.2, 0.25) is 0 Å². The molecule has 2 aliphatic rings. The summed E-state index contributed by atoms with van der Waals surface area (Å²) in [6.07, 6.45) is 3.04. The second-order valence-electron chi connectivity index (χ2n) is 8.24. The van der Waals surface area contributed by atoms with Crippen LogP contribution >= 0.6 is 0 Å². The van der Waals surface area contributed by atoms with Gasteiger partial charge < -0.3 is 19.1 Å². The van der Waals surface area contributed by atoms with Gasteiger partial charge >= 0.3 is 5.97 Å². The first-order chi connectivity index (χ1) is 12.8. The molecule has 1 atom stereocenters. The van der Waals surface area contributed by atoms with Gasteiger partial charge in [0.1, 0.15) is 5.56 Å². The Morgan fingerprint density at radius 1 is 1.15 bits per heavy atom. The zero-order valence-corrected chi connectivity index (χ0v) is 15.7. The van der Waals surface area contributed by atoms with Crippen molar-refractivity contribution < 1.29 is 19.4 Å². The molecule has 1 N–H and O–H groups in total. The van der Waals surface area contributed by atoms with Crippen LogP contribution in [0.1, 0.15) is 49.2 Å². The highest BCUT2D eigenvalue weighted by atomic mass is 16.5. The minimum Gasteiger partial charge on any atom is -0.490 e. The largest absolute Gasteiger partial charge is 0.490 e. The van der Waals surface area contributed by atoms with Crippen LogP contribution in [-0.2, 0) is 6.42 Å². The Morgan fingerprint density at radius 2 is 1.81 bits per heavy atom. The third-order valence-electron chi connectivity index (χ3n) is 5.31. The highest BCUT2D eigenvalue weighted by molar-refractivity contribution is 5.88. The molecule has 6 heteroatoms. The van der Waals surface area contributed by atoms with E-state index in [9.17, 15) is 14.7 Å². The van der Waals surface area contributed by atoms with Crippen molar-refractivity contribution in [1.29, 1.82) is 0 Å². The molecule has 2 aliphatic heterocycles. The summed E-state index contributed by atoms with van der Waals surface area (Å²) in [5.41, 5.74) is 1.89.